The zero-order valence-electron chi connectivity index (χ0n) is 12.6. The van der Waals surface area contributed by atoms with Gasteiger partial charge < -0.3 is 4.90 Å². The maximum absolute atomic E-state index is 4.26. The molecule has 2 aromatic rings. The van der Waals surface area contributed by atoms with Crippen molar-refractivity contribution in [1.82, 2.24) is 0 Å². The predicted octanol–water partition coefficient (Wildman–Crippen LogP) is 4.67. The molecular weight excluding hydrogens is 244 g/mol. The molecule has 0 aliphatic carbocycles. The second-order valence-corrected chi connectivity index (χ2v) is 5.55. The van der Waals surface area contributed by atoms with Crippen molar-refractivity contribution < 1.29 is 0 Å². The molecule has 0 saturated carbocycles. The first kappa shape index (κ1) is 12.8. The van der Waals surface area contributed by atoms with Gasteiger partial charge in [0.25, 0.3) is 0 Å². The number of fused-ring (bicyclic) bond motifs is 1. The quantitative estimate of drug-likeness (QED) is 0.738. The van der Waals surface area contributed by atoms with Crippen LogP contribution in [0.5, 0.6) is 0 Å². The van der Waals surface area contributed by atoms with Crippen LogP contribution in [0.4, 0.5) is 17.1 Å². The Morgan fingerprint density at radius 1 is 0.900 bits per heavy atom. The second-order valence-electron chi connectivity index (χ2n) is 5.55. The van der Waals surface area contributed by atoms with E-state index >= 15 is 0 Å². The zero-order valence-corrected chi connectivity index (χ0v) is 12.6. The molecule has 1 heterocycles. The van der Waals surface area contributed by atoms with E-state index in [-0.39, 0.29) is 0 Å². The molecular formula is C18H20N2. The minimum absolute atomic E-state index is 1.00. The Balaban J connectivity index is 2.24. The second kappa shape index (κ2) is 4.41. The maximum atomic E-state index is 4.26. The number of nitrogens with zero attached hydrogens (tertiary/aromatic N) is 2. The van der Waals surface area contributed by atoms with Crippen LogP contribution in [0.25, 0.3) is 0 Å². The van der Waals surface area contributed by atoms with E-state index in [1.54, 1.807) is 0 Å². The van der Waals surface area contributed by atoms with Crippen molar-refractivity contribution in [3.8, 4) is 0 Å². The SMILES string of the molecule is C=C1N(C)c2ccccc2N1c1c(C)cc(C)cc1C. The maximum Gasteiger partial charge on any atom is 0.110 e. The van der Waals surface area contributed by atoms with Crippen LogP contribution >= 0.6 is 0 Å². The summed E-state index contributed by atoms with van der Waals surface area (Å²) in [6.45, 7) is 10.7. The lowest BCUT2D eigenvalue weighted by molar-refractivity contribution is 1.08. The molecule has 2 aromatic carbocycles. The summed E-state index contributed by atoms with van der Waals surface area (Å²) in [5, 5.41) is 0. The Morgan fingerprint density at radius 2 is 1.45 bits per heavy atom. The number of aryl methyl sites for hydroxylation is 3. The van der Waals surface area contributed by atoms with E-state index in [4.69, 9.17) is 0 Å². The molecule has 0 atom stereocenters. The lowest BCUT2D eigenvalue weighted by Crippen LogP contribution is -2.21. The Bertz CT molecular complexity index is 677. The number of hydrogen-bond donors (Lipinski definition) is 0. The van der Waals surface area contributed by atoms with Gasteiger partial charge in [-0.15, -0.1) is 0 Å². The van der Waals surface area contributed by atoms with Crippen LogP contribution in [0.3, 0.4) is 0 Å². The van der Waals surface area contributed by atoms with E-state index in [1.807, 2.05) is 0 Å². The minimum Gasteiger partial charge on any atom is -0.329 e. The molecule has 0 fully saturated rings. The average molecular weight is 264 g/mol. The van der Waals surface area contributed by atoms with Gasteiger partial charge in [0, 0.05) is 7.05 Å². The van der Waals surface area contributed by atoms with Crippen molar-refractivity contribution in [1.29, 1.82) is 0 Å². The first-order valence-corrected chi connectivity index (χ1v) is 6.90. The molecule has 0 radical (unpaired) electrons. The average Bonchev–Trinajstić information content (AvgIpc) is 2.64. The summed E-state index contributed by atoms with van der Waals surface area (Å²) in [7, 11) is 2.07. The van der Waals surface area contributed by atoms with Gasteiger partial charge in [0.05, 0.1) is 17.1 Å². The van der Waals surface area contributed by atoms with Crippen molar-refractivity contribution in [2.24, 2.45) is 0 Å². The van der Waals surface area contributed by atoms with Gasteiger partial charge in [-0.2, -0.15) is 0 Å². The van der Waals surface area contributed by atoms with Gasteiger partial charge >= 0.3 is 0 Å². The third-order valence-electron chi connectivity index (χ3n) is 3.99. The van der Waals surface area contributed by atoms with Crippen LogP contribution in [0, 0.1) is 20.8 Å². The largest absolute Gasteiger partial charge is 0.329 e. The molecule has 1 aliphatic rings. The van der Waals surface area contributed by atoms with Gasteiger partial charge in [-0.05, 0) is 44.0 Å². The standard InChI is InChI=1S/C18H20N2/c1-12-10-13(2)18(14(3)11-12)20-15(4)19(5)16-8-6-7-9-17(16)20/h6-11H,4H2,1-3,5H3. The number of hydrogen-bond acceptors (Lipinski definition) is 2. The van der Waals surface area contributed by atoms with Crippen molar-refractivity contribution >= 4 is 17.1 Å². The molecule has 0 spiro atoms. The first-order chi connectivity index (χ1) is 9.50. The highest BCUT2D eigenvalue weighted by atomic mass is 15.4. The van der Waals surface area contributed by atoms with E-state index < -0.39 is 0 Å². The Morgan fingerprint density at radius 3 is 2.05 bits per heavy atom. The fourth-order valence-electron chi connectivity index (χ4n) is 3.14. The van der Waals surface area contributed by atoms with E-state index in [1.165, 1.54) is 33.8 Å². The van der Waals surface area contributed by atoms with Gasteiger partial charge in [-0.1, -0.05) is 36.4 Å². The number of anilines is 3. The molecule has 3 rings (SSSR count). The molecule has 0 unspecified atom stereocenters. The van der Waals surface area contributed by atoms with E-state index in [2.05, 4.69) is 80.6 Å². The minimum atomic E-state index is 1.00. The van der Waals surface area contributed by atoms with Gasteiger partial charge in [-0.3, -0.25) is 4.90 Å². The lowest BCUT2D eigenvalue weighted by Gasteiger charge is -2.26. The van der Waals surface area contributed by atoms with Crippen LogP contribution in [-0.4, -0.2) is 7.05 Å². The summed E-state index contributed by atoms with van der Waals surface area (Å²) < 4.78 is 0. The third-order valence-corrected chi connectivity index (χ3v) is 3.99. The van der Waals surface area contributed by atoms with Crippen LogP contribution < -0.4 is 9.80 Å². The number of rotatable bonds is 1. The zero-order chi connectivity index (χ0) is 14.4. The molecule has 0 amide bonds. The summed E-state index contributed by atoms with van der Waals surface area (Å²) in [6, 6.07) is 12.9. The predicted molar refractivity (Wildman–Crippen MR) is 86.8 cm³/mol. The molecule has 102 valence electrons. The third kappa shape index (κ3) is 1.72. The first-order valence-electron chi connectivity index (χ1n) is 6.90. The topological polar surface area (TPSA) is 6.48 Å². The van der Waals surface area contributed by atoms with Crippen LogP contribution in [0.1, 0.15) is 16.7 Å². The number of para-hydroxylation sites is 2. The highest BCUT2D eigenvalue weighted by Gasteiger charge is 2.29. The van der Waals surface area contributed by atoms with Crippen LogP contribution in [0.15, 0.2) is 48.8 Å². The smallest absolute Gasteiger partial charge is 0.110 e. The fraction of sp³-hybridized carbons (Fsp3) is 0.222. The van der Waals surface area contributed by atoms with Crippen LogP contribution in [0.2, 0.25) is 0 Å². The van der Waals surface area contributed by atoms with Crippen molar-refractivity contribution in [2.75, 3.05) is 16.8 Å². The monoisotopic (exact) mass is 264 g/mol. The van der Waals surface area contributed by atoms with E-state index in [9.17, 15) is 0 Å². The number of benzene rings is 2. The summed E-state index contributed by atoms with van der Waals surface area (Å²) in [5.41, 5.74) is 7.53. The Labute approximate surface area is 121 Å². The molecule has 0 bridgehead atoms. The Kier molecular flexibility index (Phi) is 2.82. The Hall–Kier alpha value is -2.22. The normalized spacial score (nSPS) is 13.9. The highest BCUT2D eigenvalue weighted by Crippen LogP contribution is 2.46. The van der Waals surface area contributed by atoms with Crippen molar-refractivity contribution in [2.45, 2.75) is 20.8 Å². The molecule has 20 heavy (non-hydrogen) atoms. The molecule has 0 N–H and O–H groups in total. The van der Waals surface area contributed by atoms with Gasteiger partial charge in [0.15, 0.2) is 0 Å². The van der Waals surface area contributed by atoms with E-state index in [0.717, 1.165) is 5.82 Å². The summed E-state index contributed by atoms with van der Waals surface area (Å²) in [6.07, 6.45) is 0. The highest BCUT2D eigenvalue weighted by molar-refractivity contribution is 5.89. The van der Waals surface area contributed by atoms with Crippen molar-refractivity contribution in [3.05, 3.63) is 65.5 Å². The summed E-state index contributed by atoms with van der Waals surface area (Å²) in [5.74, 6) is 1.00. The summed E-state index contributed by atoms with van der Waals surface area (Å²) >= 11 is 0. The van der Waals surface area contributed by atoms with Gasteiger partial charge in [0.2, 0.25) is 0 Å². The van der Waals surface area contributed by atoms with Gasteiger partial charge in [-0.25, -0.2) is 0 Å². The van der Waals surface area contributed by atoms with Gasteiger partial charge in [0.1, 0.15) is 5.82 Å². The summed E-state index contributed by atoms with van der Waals surface area (Å²) in [4.78, 5) is 4.41. The molecule has 1 aliphatic heterocycles. The van der Waals surface area contributed by atoms with Crippen molar-refractivity contribution in [3.63, 3.8) is 0 Å². The molecule has 2 heteroatoms. The van der Waals surface area contributed by atoms with E-state index in [0.29, 0.717) is 0 Å². The molecule has 2 nitrogen and oxygen atoms in total. The van der Waals surface area contributed by atoms with Crippen LogP contribution in [-0.2, 0) is 0 Å². The molecule has 0 saturated heterocycles. The molecule has 0 aromatic heterocycles. The fourth-order valence-corrected chi connectivity index (χ4v) is 3.14. The lowest BCUT2D eigenvalue weighted by atomic mass is 10.0.